The second-order valence-electron chi connectivity index (χ2n) is 5.58. The highest BCUT2D eigenvalue weighted by molar-refractivity contribution is 8.38. The monoisotopic (exact) mass is 401 g/mol. The molecule has 27 heavy (non-hydrogen) atoms. The molecular weight excluding hydrogens is 386 g/mol. The van der Waals surface area contributed by atoms with Crippen LogP contribution in [0.5, 0.6) is 0 Å². The summed E-state index contributed by atoms with van der Waals surface area (Å²) in [5, 5.41) is 0.871. The van der Waals surface area contributed by atoms with Crippen LogP contribution in [0.4, 0.5) is 0 Å². The summed E-state index contributed by atoms with van der Waals surface area (Å²) in [5.74, 6) is 0.747. The summed E-state index contributed by atoms with van der Waals surface area (Å²) < 4.78 is 11.8. The summed E-state index contributed by atoms with van der Waals surface area (Å²) in [6, 6.07) is 10.6. The number of fused-ring (bicyclic) bond motifs is 1. The Morgan fingerprint density at radius 3 is 2.78 bits per heavy atom. The van der Waals surface area contributed by atoms with Crippen molar-refractivity contribution in [1.29, 1.82) is 0 Å². The Morgan fingerprint density at radius 1 is 1.15 bits per heavy atom. The van der Waals surface area contributed by atoms with E-state index in [-0.39, 0.29) is 11.5 Å². The van der Waals surface area contributed by atoms with Crippen LogP contribution in [-0.2, 0) is 5.75 Å². The predicted molar refractivity (Wildman–Crippen MR) is 106 cm³/mol. The number of carbonyl (C=O) groups excluding carboxylic acids is 2. The van der Waals surface area contributed by atoms with Crippen molar-refractivity contribution in [3.8, 4) is 0 Å². The van der Waals surface area contributed by atoms with Gasteiger partial charge < -0.3 is 8.83 Å². The molecular formula is C18H15N3O4S2. The molecule has 2 aromatic heterocycles. The zero-order valence-corrected chi connectivity index (χ0v) is 15.7. The molecule has 1 aliphatic rings. The first kappa shape index (κ1) is 17.7. The minimum atomic E-state index is -0.544. The number of carbonyl (C=O) groups is 2. The fourth-order valence-electron chi connectivity index (χ4n) is 2.60. The van der Waals surface area contributed by atoms with Crippen LogP contribution in [0.15, 0.2) is 56.5 Å². The minimum Gasteiger partial charge on any atom is -0.459 e. The minimum absolute atomic E-state index is 0.104. The molecule has 1 aliphatic heterocycles. The number of aliphatic imine (C=N–C) groups is 1. The second-order valence-corrected chi connectivity index (χ2v) is 7.88. The fourth-order valence-corrected chi connectivity index (χ4v) is 4.64. The Labute approximate surface area is 162 Å². The largest absolute Gasteiger partial charge is 0.459 e. The number of hydrazine groups is 1. The molecule has 9 heteroatoms. The number of para-hydroxylation sites is 1. The van der Waals surface area contributed by atoms with E-state index in [4.69, 9.17) is 8.83 Å². The van der Waals surface area contributed by atoms with E-state index >= 15 is 0 Å². The number of thioether (sulfide) groups is 2. The van der Waals surface area contributed by atoms with Gasteiger partial charge in [0.1, 0.15) is 9.96 Å². The predicted octanol–water partition coefficient (Wildman–Crippen LogP) is 3.44. The lowest BCUT2D eigenvalue weighted by atomic mass is 10.1. The van der Waals surface area contributed by atoms with Crippen molar-refractivity contribution in [3.63, 3.8) is 0 Å². The van der Waals surface area contributed by atoms with Crippen LogP contribution in [0, 0.1) is 0 Å². The van der Waals surface area contributed by atoms with Crippen molar-refractivity contribution in [3.05, 3.63) is 59.7 Å². The molecule has 0 bridgehead atoms. The maximum Gasteiger partial charge on any atom is 0.305 e. The van der Waals surface area contributed by atoms with Gasteiger partial charge in [-0.3, -0.25) is 25.4 Å². The molecule has 0 saturated heterocycles. The molecule has 7 nitrogen and oxygen atoms in total. The van der Waals surface area contributed by atoms with Gasteiger partial charge in [-0.1, -0.05) is 41.7 Å². The molecule has 3 heterocycles. The Bertz CT molecular complexity index is 1010. The lowest BCUT2D eigenvalue weighted by molar-refractivity contribution is 0.0817. The van der Waals surface area contributed by atoms with Gasteiger partial charge in [-0.15, -0.1) is 0 Å². The first-order valence-electron chi connectivity index (χ1n) is 8.17. The molecule has 0 spiro atoms. The molecule has 2 amide bonds. The zero-order chi connectivity index (χ0) is 18.6. The van der Waals surface area contributed by atoms with Gasteiger partial charge in [-0.05, 0) is 18.2 Å². The first-order chi connectivity index (χ1) is 13.2. The van der Waals surface area contributed by atoms with Crippen LogP contribution >= 0.6 is 23.5 Å². The van der Waals surface area contributed by atoms with E-state index in [1.54, 1.807) is 29.6 Å². The Morgan fingerprint density at radius 2 is 2.00 bits per heavy atom. The van der Waals surface area contributed by atoms with Crippen molar-refractivity contribution in [2.75, 3.05) is 12.3 Å². The van der Waals surface area contributed by atoms with Crippen LogP contribution < -0.4 is 10.9 Å². The van der Waals surface area contributed by atoms with E-state index < -0.39 is 11.8 Å². The van der Waals surface area contributed by atoms with Crippen LogP contribution in [0.3, 0.4) is 0 Å². The van der Waals surface area contributed by atoms with E-state index in [2.05, 4.69) is 15.8 Å². The topological polar surface area (TPSA) is 96.8 Å². The third kappa shape index (κ3) is 3.88. The highest BCUT2D eigenvalue weighted by Gasteiger charge is 2.22. The highest BCUT2D eigenvalue weighted by Crippen LogP contribution is 2.32. The van der Waals surface area contributed by atoms with Crippen LogP contribution in [0.2, 0.25) is 0 Å². The summed E-state index contributed by atoms with van der Waals surface area (Å²) >= 11 is 3.29. The lowest BCUT2D eigenvalue weighted by Crippen LogP contribution is -2.41. The third-order valence-electron chi connectivity index (χ3n) is 3.84. The van der Waals surface area contributed by atoms with Crippen LogP contribution in [-0.4, -0.2) is 28.5 Å². The molecule has 3 aromatic rings. The molecule has 4 rings (SSSR count). The number of nitrogens with zero attached hydrogens (tertiary/aromatic N) is 1. The molecule has 0 saturated carbocycles. The molecule has 2 N–H and O–H groups in total. The van der Waals surface area contributed by atoms with Crippen LogP contribution in [0.1, 0.15) is 26.7 Å². The van der Waals surface area contributed by atoms with Gasteiger partial charge in [0.15, 0.2) is 11.5 Å². The number of hydrogen-bond acceptors (Lipinski definition) is 7. The molecule has 0 aliphatic carbocycles. The average molecular weight is 401 g/mol. The van der Waals surface area contributed by atoms with Gasteiger partial charge >= 0.3 is 11.8 Å². The van der Waals surface area contributed by atoms with Gasteiger partial charge in [0.2, 0.25) is 0 Å². The smallest absolute Gasteiger partial charge is 0.305 e. The van der Waals surface area contributed by atoms with E-state index in [1.807, 2.05) is 24.3 Å². The SMILES string of the molecule is O=C(NNC(=O)c1oc2ccccc2c1CSC1=NCCS1)c1ccco1. The van der Waals surface area contributed by atoms with Crippen molar-refractivity contribution >= 4 is 50.7 Å². The Hall–Kier alpha value is -2.65. The summed E-state index contributed by atoms with van der Waals surface area (Å²) in [6.45, 7) is 0.825. The maximum atomic E-state index is 12.6. The number of benzene rings is 1. The van der Waals surface area contributed by atoms with Crippen molar-refractivity contribution in [2.45, 2.75) is 5.75 Å². The summed E-state index contributed by atoms with van der Waals surface area (Å²) in [7, 11) is 0. The summed E-state index contributed by atoms with van der Waals surface area (Å²) in [4.78, 5) is 29.0. The number of rotatable bonds is 4. The van der Waals surface area contributed by atoms with Gasteiger partial charge in [0.05, 0.1) is 12.8 Å². The van der Waals surface area contributed by atoms with Gasteiger partial charge in [-0.25, -0.2) is 0 Å². The standard InChI is InChI=1S/C18H15N3O4S2/c22-16(14-6-3-8-24-14)20-21-17(23)15-12(10-27-18-19-7-9-26-18)11-4-1-2-5-13(11)25-15/h1-6,8H,7,9-10H2,(H,20,22)(H,21,23). The molecule has 0 unspecified atom stereocenters. The van der Waals surface area contributed by atoms with E-state index in [0.717, 1.165) is 27.6 Å². The highest BCUT2D eigenvalue weighted by atomic mass is 32.2. The van der Waals surface area contributed by atoms with Gasteiger partial charge in [-0.2, -0.15) is 0 Å². The molecule has 1 aromatic carbocycles. The number of furan rings is 2. The summed E-state index contributed by atoms with van der Waals surface area (Å²) in [6.07, 6.45) is 1.38. The number of hydrogen-bond donors (Lipinski definition) is 2. The Balaban J connectivity index is 1.53. The maximum absolute atomic E-state index is 12.6. The molecule has 0 atom stereocenters. The third-order valence-corrected chi connectivity index (χ3v) is 6.12. The molecule has 0 radical (unpaired) electrons. The zero-order valence-electron chi connectivity index (χ0n) is 14.1. The second kappa shape index (κ2) is 7.93. The lowest BCUT2D eigenvalue weighted by Gasteiger charge is -2.06. The first-order valence-corrected chi connectivity index (χ1v) is 10.1. The van der Waals surface area contributed by atoms with Gasteiger partial charge in [0.25, 0.3) is 0 Å². The van der Waals surface area contributed by atoms with E-state index in [9.17, 15) is 9.59 Å². The van der Waals surface area contributed by atoms with Crippen LogP contribution in [0.25, 0.3) is 11.0 Å². The molecule has 138 valence electrons. The van der Waals surface area contributed by atoms with Crippen molar-refractivity contribution in [2.24, 2.45) is 4.99 Å². The average Bonchev–Trinajstić information content (AvgIpc) is 3.44. The van der Waals surface area contributed by atoms with Crippen molar-refractivity contribution in [1.82, 2.24) is 10.9 Å². The number of nitrogens with one attached hydrogen (secondary N) is 2. The van der Waals surface area contributed by atoms with E-state index in [0.29, 0.717) is 11.3 Å². The molecule has 0 fully saturated rings. The van der Waals surface area contributed by atoms with Crippen molar-refractivity contribution < 1.29 is 18.4 Å². The summed E-state index contributed by atoms with van der Waals surface area (Å²) in [5.41, 5.74) is 6.10. The van der Waals surface area contributed by atoms with Gasteiger partial charge in [0, 0.05) is 22.5 Å². The Kier molecular flexibility index (Phi) is 5.21. The quantitative estimate of drug-likeness (QED) is 0.650. The fraction of sp³-hybridized carbons (Fsp3) is 0.167. The van der Waals surface area contributed by atoms with E-state index in [1.165, 1.54) is 12.3 Å². The number of amides is 2. The normalized spacial score (nSPS) is 13.6.